The molecule has 1 amide bonds. The monoisotopic (exact) mass is 258 g/mol. The van der Waals surface area contributed by atoms with E-state index in [4.69, 9.17) is 5.26 Å². The third kappa shape index (κ3) is 3.38. The number of nitrogens with zero attached hydrogens (tertiary/aromatic N) is 1. The van der Waals surface area contributed by atoms with Crippen LogP contribution in [0.25, 0.3) is 0 Å². The van der Waals surface area contributed by atoms with Crippen LogP contribution in [0, 0.1) is 11.3 Å². The van der Waals surface area contributed by atoms with E-state index in [0.717, 1.165) is 12.1 Å². The third-order valence-electron chi connectivity index (χ3n) is 1.98. The average Bonchev–Trinajstić information content (AvgIpc) is 2.28. The highest BCUT2D eigenvalue weighted by molar-refractivity contribution is 5.86. The number of rotatable bonds is 2. The summed E-state index contributed by atoms with van der Waals surface area (Å²) in [6, 6.07) is 4.14. The molecule has 0 heterocycles. The van der Waals surface area contributed by atoms with E-state index in [-0.39, 0.29) is 17.9 Å². The van der Waals surface area contributed by atoms with E-state index in [0.29, 0.717) is 6.07 Å². The molecule has 0 radical (unpaired) electrons. The van der Waals surface area contributed by atoms with Crippen molar-refractivity contribution in [2.24, 2.45) is 0 Å². The molecule has 7 heteroatoms. The number of hydrogen-bond acceptors (Lipinski definition) is 3. The predicted octanol–water partition coefficient (Wildman–Crippen LogP) is 3.15. The second-order valence-electron chi connectivity index (χ2n) is 3.22. The van der Waals surface area contributed by atoms with Crippen LogP contribution in [0.2, 0.25) is 0 Å². The molecule has 18 heavy (non-hydrogen) atoms. The van der Waals surface area contributed by atoms with E-state index in [2.05, 4.69) is 10.1 Å². The van der Waals surface area contributed by atoms with Gasteiger partial charge in [-0.25, -0.2) is 4.79 Å². The van der Waals surface area contributed by atoms with E-state index in [1.807, 2.05) is 0 Å². The SMILES string of the molecule is CCOC(=O)Nc1cc(C(F)(F)F)ccc1C#N. The van der Waals surface area contributed by atoms with Crippen LogP contribution in [-0.4, -0.2) is 12.7 Å². The number of carbonyl (C=O) groups is 1. The highest BCUT2D eigenvalue weighted by Gasteiger charge is 2.31. The predicted molar refractivity (Wildman–Crippen MR) is 56.8 cm³/mol. The Bertz CT molecular complexity index is 492. The maximum atomic E-state index is 12.5. The minimum Gasteiger partial charge on any atom is -0.450 e. The lowest BCUT2D eigenvalue weighted by atomic mass is 10.1. The van der Waals surface area contributed by atoms with Crippen LogP contribution in [0.1, 0.15) is 18.1 Å². The molecule has 0 bridgehead atoms. The van der Waals surface area contributed by atoms with E-state index in [9.17, 15) is 18.0 Å². The molecule has 1 aromatic rings. The van der Waals surface area contributed by atoms with E-state index in [1.165, 1.54) is 0 Å². The maximum Gasteiger partial charge on any atom is 0.416 e. The molecule has 0 saturated heterocycles. The Hall–Kier alpha value is -2.23. The second-order valence-corrected chi connectivity index (χ2v) is 3.22. The van der Waals surface area contributed by atoms with Gasteiger partial charge in [0.1, 0.15) is 6.07 Å². The molecule has 0 saturated carbocycles. The molecule has 0 fully saturated rings. The number of nitrogens with one attached hydrogen (secondary N) is 1. The van der Waals surface area contributed by atoms with Crippen molar-refractivity contribution in [3.8, 4) is 6.07 Å². The smallest absolute Gasteiger partial charge is 0.416 e. The fraction of sp³-hybridized carbons (Fsp3) is 0.273. The van der Waals surface area contributed by atoms with Gasteiger partial charge in [0.05, 0.1) is 23.4 Å². The summed E-state index contributed by atoms with van der Waals surface area (Å²) in [5.41, 5.74) is -1.25. The first kappa shape index (κ1) is 13.8. The number of halogens is 3. The van der Waals surface area contributed by atoms with Crippen LogP contribution in [0.3, 0.4) is 0 Å². The van der Waals surface area contributed by atoms with Gasteiger partial charge in [0.25, 0.3) is 0 Å². The molecule has 1 aromatic carbocycles. The number of nitriles is 1. The minimum absolute atomic E-state index is 0.0731. The van der Waals surface area contributed by atoms with Gasteiger partial charge in [-0.1, -0.05) is 0 Å². The van der Waals surface area contributed by atoms with E-state index < -0.39 is 17.8 Å². The van der Waals surface area contributed by atoms with Gasteiger partial charge in [0, 0.05) is 0 Å². The molecule has 1 N–H and O–H groups in total. The van der Waals surface area contributed by atoms with Crippen LogP contribution in [-0.2, 0) is 10.9 Å². The van der Waals surface area contributed by atoms with Gasteiger partial charge in [-0.3, -0.25) is 5.32 Å². The molecule has 0 unspecified atom stereocenters. The van der Waals surface area contributed by atoms with Crippen molar-refractivity contribution < 1.29 is 22.7 Å². The van der Waals surface area contributed by atoms with Gasteiger partial charge < -0.3 is 4.74 Å². The summed E-state index contributed by atoms with van der Waals surface area (Å²) < 4.78 is 41.9. The summed E-state index contributed by atoms with van der Waals surface area (Å²) in [5, 5.41) is 10.8. The van der Waals surface area contributed by atoms with E-state index >= 15 is 0 Å². The summed E-state index contributed by atoms with van der Waals surface area (Å²) in [4.78, 5) is 11.1. The fourth-order valence-corrected chi connectivity index (χ4v) is 1.20. The van der Waals surface area contributed by atoms with Crippen LogP contribution < -0.4 is 5.32 Å². The molecule has 0 aliphatic heterocycles. The lowest BCUT2D eigenvalue weighted by molar-refractivity contribution is -0.137. The first-order valence-corrected chi connectivity index (χ1v) is 4.93. The summed E-state index contributed by atoms with van der Waals surface area (Å²) in [6.45, 7) is 1.63. The zero-order chi connectivity index (χ0) is 13.8. The average molecular weight is 258 g/mol. The molecule has 0 spiro atoms. The minimum atomic E-state index is -4.54. The first-order chi connectivity index (χ1) is 8.38. The molecule has 1 rings (SSSR count). The van der Waals surface area contributed by atoms with Crippen molar-refractivity contribution in [1.29, 1.82) is 5.26 Å². The molecule has 0 aliphatic carbocycles. The van der Waals surface area contributed by atoms with E-state index in [1.54, 1.807) is 13.0 Å². The van der Waals surface area contributed by atoms with Crippen molar-refractivity contribution in [1.82, 2.24) is 0 Å². The maximum absolute atomic E-state index is 12.5. The molecular weight excluding hydrogens is 249 g/mol. The highest BCUT2D eigenvalue weighted by atomic mass is 19.4. The van der Waals surface area contributed by atoms with Gasteiger partial charge in [-0.15, -0.1) is 0 Å². The quantitative estimate of drug-likeness (QED) is 0.886. The van der Waals surface area contributed by atoms with Crippen LogP contribution in [0.4, 0.5) is 23.7 Å². The number of amides is 1. The van der Waals surface area contributed by atoms with Crippen LogP contribution in [0.15, 0.2) is 18.2 Å². The zero-order valence-corrected chi connectivity index (χ0v) is 9.34. The number of benzene rings is 1. The Morgan fingerprint density at radius 2 is 2.17 bits per heavy atom. The van der Waals surface area contributed by atoms with Gasteiger partial charge >= 0.3 is 12.3 Å². The third-order valence-corrected chi connectivity index (χ3v) is 1.98. The molecule has 0 aromatic heterocycles. The van der Waals surface area contributed by atoms with Crippen molar-refractivity contribution in [3.05, 3.63) is 29.3 Å². The summed E-state index contributed by atoms with van der Waals surface area (Å²) in [7, 11) is 0. The number of anilines is 1. The van der Waals surface area contributed by atoms with Gasteiger partial charge in [0.2, 0.25) is 0 Å². The van der Waals surface area contributed by atoms with Crippen LogP contribution >= 0.6 is 0 Å². The van der Waals surface area contributed by atoms with Crippen molar-refractivity contribution >= 4 is 11.8 Å². The molecule has 4 nitrogen and oxygen atoms in total. The number of ether oxygens (including phenoxy) is 1. The fourth-order valence-electron chi connectivity index (χ4n) is 1.20. The Balaban J connectivity index is 3.08. The Morgan fingerprint density at radius 3 is 2.67 bits per heavy atom. The van der Waals surface area contributed by atoms with Crippen molar-refractivity contribution in [2.45, 2.75) is 13.1 Å². The second kappa shape index (κ2) is 5.40. The molecular formula is C11H9F3N2O2. The zero-order valence-electron chi connectivity index (χ0n) is 9.34. The number of hydrogen-bond donors (Lipinski definition) is 1. The summed E-state index contributed by atoms with van der Waals surface area (Å²) in [6.07, 6.45) is -5.45. The normalized spacial score (nSPS) is 10.6. The highest BCUT2D eigenvalue weighted by Crippen LogP contribution is 2.32. The lowest BCUT2D eigenvalue weighted by Crippen LogP contribution is -2.15. The summed E-state index contributed by atoms with van der Waals surface area (Å²) in [5.74, 6) is 0. The molecule has 0 atom stereocenters. The Kier molecular flexibility index (Phi) is 4.15. The molecule has 96 valence electrons. The lowest BCUT2D eigenvalue weighted by Gasteiger charge is -2.11. The first-order valence-electron chi connectivity index (χ1n) is 4.93. The Morgan fingerprint density at radius 1 is 1.50 bits per heavy atom. The Labute approximate surface area is 101 Å². The number of carbonyl (C=O) groups excluding carboxylic acids is 1. The number of alkyl halides is 3. The van der Waals surface area contributed by atoms with Crippen molar-refractivity contribution in [3.63, 3.8) is 0 Å². The van der Waals surface area contributed by atoms with Crippen LogP contribution in [0.5, 0.6) is 0 Å². The largest absolute Gasteiger partial charge is 0.450 e. The van der Waals surface area contributed by atoms with Crippen molar-refractivity contribution in [2.75, 3.05) is 11.9 Å². The van der Waals surface area contributed by atoms with Gasteiger partial charge in [-0.05, 0) is 25.1 Å². The standard InChI is InChI=1S/C11H9F3N2O2/c1-2-18-10(17)16-9-5-8(11(12,13)14)4-3-7(9)6-15/h3-5H,2H2,1H3,(H,16,17). The summed E-state index contributed by atoms with van der Waals surface area (Å²) >= 11 is 0. The topological polar surface area (TPSA) is 62.1 Å². The van der Waals surface area contributed by atoms with Gasteiger partial charge in [0.15, 0.2) is 0 Å². The van der Waals surface area contributed by atoms with Gasteiger partial charge in [-0.2, -0.15) is 18.4 Å². The molecule has 0 aliphatic rings.